The van der Waals surface area contributed by atoms with Gasteiger partial charge >= 0.3 is 0 Å². The summed E-state index contributed by atoms with van der Waals surface area (Å²) in [5.74, 6) is 0.883. The Balaban J connectivity index is 2.07. The Morgan fingerprint density at radius 1 is 1.16 bits per heavy atom. The molecule has 0 radical (unpaired) electrons. The lowest BCUT2D eigenvalue weighted by Crippen LogP contribution is -2.57. The summed E-state index contributed by atoms with van der Waals surface area (Å²) in [7, 11) is 1.69. The van der Waals surface area contributed by atoms with Gasteiger partial charge in [-0.15, -0.1) is 0 Å². The van der Waals surface area contributed by atoms with Gasteiger partial charge in [-0.05, 0) is 35.4 Å². The van der Waals surface area contributed by atoms with Crippen LogP contribution in [0, 0.1) is 0 Å². The van der Waals surface area contributed by atoms with Crippen LogP contribution in [-0.4, -0.2) is 26.4 Å². The maximum Gasteiger partial charge on any atom is 0.119 e. The highest BCUT2D eigenvalue weighted by Gasteiger charge is 2.43. The largest absolute Gasteiger partial charge is 0.497 e. The summed E-state index contributed by atoms with van der Waals surface area (Å²) in [5, 5.41) is 2.40. The molecule has 0 aromatic heterocycles. The molecule has 3 rings (SSSR count). The van der Waals surface area contributed by atoms with Gasteiger partial charge in [0.05, 0.1) is 25.7 Å². The first-order chi connectivity index (χ1) is 9.15. The van der Waals surface area contributed by atoms with Crippen molar-refractivity contribution in [1.29, 1.82) is 0 Å². The minimum Gasteiger partial charge on any atom is -0.497 e. The molecular formula is C16H19NO2. The third kappa shape index (κ3) is 1.90. The third-order valence-electron chi connectivity index (χ3n) is 4.21. The van der Waals surface area contributed by atoms with Crippen LogP contribution in [0.3, 0.4) is 0 Å². The number of benzene rings is 2. The first-order valence-corrected chi connectivity index (χ1v) is 6.57. The normalized spacial score (nSPS) is 18.9. The Kier molecular flexibility index (Phi) is 2.96. The first kappa shape index (κ1) is 12.5. The van der Waals surface area contributed by atoms with Crippen LogP contribution in [0.15, 0.2) is 36.4 Å². The van der Waals surface area contributed by atoms with Crippen LogP contribution >= 0.6 is 0 Å². The third-order valence-corrected chi connectivity index (χ3v) is 4.21. The highest BCUT2D eigenvalue weighted by Crippen LogP contribution is 2.36. The summed E-state index contributed by atoms with van der Waals surface area (Å²) in [6.07, 6.45) is 0. The Morgan fingerprint density at radius 2 is 1.84 bits per heavy atom. The molecule has 0 aliphatic carbocycles. The summed E-state index contributed by atoms with van der Waals surface area (Å²) in [6, 6.07) is 12.7. The van der Waals surface area contributed by atoms with E-state index in [-0.39, 0.29) is 11.5 Å². The van der Waals surface area contributed by atoms with E-state index >= 15 is 0 Å². The zero-order chi connectivity index (χ0) is 13.5. The first-order valence-electron chi connectivity index (χ1n) is 6.57. The van der Waals surface area contributed by atoms with Gasteiger partial charge in [0.15, 0.2) is 0 Å². The number of nitrogens with two attached hydrogens (primary N) is 1. The van der Waals surface area contributed by atoms with Crippen molar-refractivity contribution in [2.24, 2.45) is 5.73 Å². The zero-order valence-corrected chi connectivity index (χ0v) is 11.3. The van der Waals surface area contributed by atoms with E-state index in [0.717, 1.165) is 5.75 Å². The second kappa shape index (κ2) is 4.51. The van der Waals surface area contributed by atoms with E-state index in [0.29, 0.717) is 13.2 Å². The van der Waals surface area contributed by atoms with Gasteiger partial charge < -0.3 is 15.2 Å². The maximum atomic E-state index is 6.15. The average molecular weight is 257 g/mol. The van der Waals surface area contributed by atoms with Crippen molar-refractivity contribution in [3.05, 3.63) is 42.0 Å². The minimum absolute atomic E-state index is 0.0197. The molecule has 1 aliphatic rings. The summed E-state index contributed by atoms with van der Waals surface area (Å²) < 4.78 is 10.7. The van der Waals surface area contributed by atoms with Crippen LogP contribution in [0.2, 0.25) is 0 Å². The molecule has 100 valence electrons. The lowest BCUT2D eigenvalue weighted by Gasteiger charge is -2.45. The van der Waals surface area contributed by atoms with E-state index in [2.05, 4.69) is 37.3 Å². The molecule has 2 aromatic carbocycles. The van der Waals surface area contributed by atoms with E-state index in [1.54, 1.807) is 7.11 Å². The number of hydrogen-bond donors (Lipinski definition) is 1. The lowest BCUT2D eigenvalue weighted by molar-refractivity contribution is -0.0701. The standard InChI is InChI=1S/C16H19NO2/c1-11(17)16(9-19-10-16)14-5-3-13-8-15(18-2)6-4-12(13)7-14/h3-8,11H,9-10,17H2,1-2H3. The second-order valence-corrected chi connectivity index (χ2v) is 5.37. The molecule has 0 saturated carbocycles. The number of hydrogen-bond acceptors (Lipinski definition) is 3. The summed E-state index contributed by atoms with van der Waals surface area (Å²) in [6.45, 7) is 3.49. The number of fused-ring (bicyclic) bond motifs is 1. The smallest absolute Gasteiger partial charge is 0.119 e. The van der Waals surface area contributed by atoms with E-state index in [9.17, 15) is 0 Å². The monoisotopic (exact) mass is 257 g/mol. The second-order valence-electron chi connectivity index (χ2n) is 5.37. The van der Waals surface area contributed by atoms with Crippen LogP contribution in [-0.2, 0) is 10.2 Å². The van der Waals surface area contributed by atoms with E-state index in [1.165, 1.54) is 16.3 Å². The molecule has 3 nitrogen and oxygen atoms in total. The lowest BCUT2D eigenvalue weighted by atomic mass is 9.73. The highest BCUT2D eigenvalue weighted by molar-refractivity contribution is 5.84. The topological polar surface area (TPSA) is 44.5 Å². The van der Waals surface area contributed by atoms with Gasteiger partial charge in [0, 0.05) is 6.04 Å². The molecule has 2 N–H and O–H groups in total. The predicted molar refractivity (Wildman–Crippen MR) is 76.6 cm³/mol. The van der Waals surface area contributed by atoms with Gasteiger partial charge in [-0.25, -0.2) is 0 Å². The molecule has 1 unspecified atom stereocenters. The van der Waals surface area contributed by atoms with Crippen LogP contribution in [0.5, 0.6) is 5.75 Å². The number of rotatable bonds is 3. The maximum absolute atomic E-state index is 6.15. The Morgan fingerprint density at radius 3 is 2.42 bits per heavy atom. The quantitative estimate of drug-likeness (QED) is 0.918. The summed E-state index contributed by atoms with van der Waals surface area (Å²) >= 11 is 0. The SMILES string of the molecule is COc1ccc2cc(C3(C(C)N)COC3)ccc2c1. The van der Waals surface area contributed by atoms with Crippen molar-refractivity contribution < 1.29 is 9.47 Å². The van der Waals surface area contributed by atoms with Gasteiger partial charge in [0.1, 0.15) is 5.75 Å². The molecule has 3 heteroatoms. The van der Waals surface area contributed by atoms with E-state index in [4.69, 9.17) is 15.2 Å². The van der Waals surface area contributed by atoms with E-state index in [1.807, 2.05) is 6.07 Å². The zero-order valence-electron chi connectivity index (χ0n) is 11.3. The summed E-state index contributed by atoms with van der Waals surface area (Å²) in [4.78, 5) is 0. The molecule has 1 heterocycles. The van der Waals surface area contributed by atoms with Crippen molar-refractivity contribution in [3.63, 3.8) is 0 Å². The molecule has 1 fully saturated rings. The fraction of sp³-hybridized carbons (Fsp3) is 0.375. The van der Waals surface area contributed by atoms with Gasteiger partial charge in [0.25, 0.3) is 0 Å². The van der Waals surface area contributed by atoms with Gasteiger partial charge in [0.2, 0.25) is 0 Å². The molecule has 2 aromatic rings. The number of ether oxygens (including phenoxy) is 2. The van der Waals surface area contributed by atoms with Crippen LogP contribution in [0.1, 0.15) is 12.5 Å². The highest BCUT2D eigenvalue weighted by atomic mass is 16.5. The number of methoxy groups -OCH3 is 1. The van der Waals surface area contributed by atoms with Crippen molar-refractivity contribution >= 4 is 10.8 Å². The Bertz CT molecular complexity index is 603. The average Bonchev–Trinajstić information content (AvgIpc) is 2.36. The van der Waals surface area contributed by atoms with Crippen molar-refractivity contribution in [3.8, 4) is 5.75 Å². The van der Waals surface area contributed by atoms with E-state index < -0.39 is 0 Å². The van der Waals surface area contributed by atoms with Crippen molar-refractivity contribution in [2.45, 2.75) is 18.4 Å². The molecule has 0 spiro atoms. The fourth-order valence-electron chi connectivity index (χ4n) is 2.67. The Labute approximate surface area is 113 Å². The molecule has 1 saturated heterocycles. The fourth-order valence-corrected chi connectivity index (χ4v) is 2.67. The van der Waals surface area contributed by atoms with Crippen molar-refractivity contribution in [2.75, 3.05) is 20.3 Å². The molecule has 19 heavy (non-hydrogen) atoms. The molecular weight excluding hydrogens is 238 g/mol. The van der Waals surface area contributed by atoms with Gasteiger partial charge in [-0.3, -0.25) is 0 Å². The molecule has 1 aliphatic heterocycles. The van der Waals surface area contributed by atoms with Crippen molar-refractivity contribution in [1.82, 2.24) is 0 Å². The van der Waals surface area contributed by atoms with Crippen LogP contribution in [0.4, 0.5) is 0 Å². The molecule has 0 amide bonds. The Hall–Kier alpha value is -1.58. The summed E-state index contributed by atoms with van der Waals surface area (Å²) in [5.41, 5.74) is 7.40. The van der Waals surface area contributed by atoms with Gasteiger partial charge in [-0.2, -0.15) is 0 Å². The molecule has 1 atom stereocenters. The van der Waals surface area contributed by atoms with Crippen LogP contribution < -0.4 is 10.5 Å². The minimum atomic E-state index is -0.0197. The van der Waals surface area contributed by atoms with Gasteiger partial charge in [-0.1, -0.05) is 24.3 Å². The molecule has 0 bridgehead atoms. The van der Waals surface area contributed by atoms with Crippen LogP contribution in [0.25, 0.3) is 10.8 Å². The predicted octanol–water partition coefficient (Wildman–Crippen LogP) is 2.46.